The van der Waals surface area contributed by atoms with Gasteiger partial charge in [0.1, 0.15) is 17.2 Å². The van der Waals surface area contributed by atoms with Crippen molar-refractivity contribution in [3.05, 3.63) is 95.3 Å². The molecule has 35 heavy (non-hydrogen) atoms. The minimum Gasteiger partial charge on any atom is -0.306 e. The van der Waals surface area contributed by atoms with Gasteiger partial charge in [0.2, 0.25) is 0 Å². The van der Waals surface area contributed by atoms with Crippen LogP contribution in [0.1, 0.15) is 15.9 Å². The van der Waals surface area contributed by atoms with Gasteiger partial charge < -0.3 is 5.32 Å². The van der Waals surface area contributed by atoms with Crippen molar-refractivity contribution in [3.63, 3.8) is 0 Å². The largest absolute Gasteiger partial charge is 0.417 e. The molecule has 0 unspecified atom stereocenters. The number of hydrogen-bond acceptors (Lipinski definition) is 3. The fraction of sp³-hybridized carbons (Fsp3) is 0.0800. The summed E-state index contributed by atoms with van der Waals surface area (Å²) in [5.41, 5.74) is 0.605. The molecule has 6 nitrogen and oxygen atoms in total. The van der Waals surface area contributed by atoms with Gasteiger partial charge in [0.05, 0.1) is 21.8 Å². The summed E-state index contributed by atoms with van der Waals surface area (Å²) < 4.78 is 44.4. The maximum absolute atomic E-state index is 13.8. The fourth-order valence-corrected chi connectivity index (χ4v) is 4.09. The van der Waals surface area contributed by atoms with Crippen LogP contribution in [0.2, 0.25) is 5.02 Å². The number of fused-ring (bicyclic) bond motifs is 1. The number of imidazole rings is 1. The lowest BCUT2D eigenvalue weighted by Gasteiger charge is -2.15. The summed E-state index contributed by atoms with van der Waals surface area (Å²) in [6.07, 6.45) is -1.43. The highest BCUT2D eigenvalue weighted by atomic mass is 35.5. The Labute approximate surface area is 202 Å². The van der Waals surface area contributed by atoms with Crippen molar-refractivity contribution < 1.29 is 18.0 Å². The summed E-state index contributed by atoms with van der Waals surface area (Å²) in [4.78, 5) is 18.0. The Morgan fingerprint density at radius 1 is 1.00 bits per heavy atom. The predicted molar refractivity (Wildman–Crippen MR) is 127 cm³/mol. The first kappa shape index (κ1) is 22.7. The van der Waals surface area contributed by atoms with Gasteiger partial charge >= 0.3 is 6.18 Å². The Morgan fingerprint density at radius 3 is 2.43 bits per heavy atom. The number of rotatable bonds is 4. The molecule has 0 aliphatic heterocycles. The van der Waals surface area contributed by atoms with Crippen molar-refractivity contribution in [2.24, 2.45) is 7.05 Å². The number of carbonyl (C=O) groups excluding carboxylic acids is 1. The molecule has 0 aliphatic rings. The number of aryl methyl sites for hydroxylation is 1. The van der Waals surface area contributed by atoms with Crippen molar-refractivity contribution in [2.45, 2.75) is 6.18 Å². The molecule has 5 aromatic rings. The monoisotopic (exact) mass is 495 g/mol. The summed E-state index contributed by atoms with van der Waals surface area (Å²) in [6.45, 7) is 0. The van der Waals surface area contributed by atoms with Crippen LogP contribution in [0.4, 0.5) is 19.0 Å². The van der Waals surface area contributed by atoms with E-state index < -0.39 is 17.6 Å². The van der Waals surface area contributed by atoms with E-state index in [0.717, 1.165) is 17.7 Å². The first-order chi connectivity index (χ1) is 16.7. The molecule has 5 rings (SSSR count). The molecule has 2 aromatic carbocycles. The molecule has 1 N–H and O–H groups in total. The van der Waals surface area contributed by atoms with Crippen LogP contribution in [0.25, 0.3) is 28.2 Å². The van der Waals surface area contributed by atoms with E-state index in [1.54, 1.807) is 29.8 Å². The second-order valence-electron chi connectivity index (χ2n) is 7.81. The second kappa shape index (κ2) is 8.59. The van der Waals surface area contributed by atoms with Crippen LogP contribution in [0.3, 0.4) is 0 Å². The molecule has 3 aromatic heterocycles. The van der Waals surface area contributed by atoms with Crippen LogP contribution in [0.5, 0.6) is 0 Å². The van der Waals surface area contributed by atoms with Gasteiger partial charge in [0.15, 0.2) is 0 Å². The van der Waals surface area contributed by atoms with Crippen molar-refractivity contribution in [3.8, 4) is 22.5 Å². The zero-order chi connectivity index (χ0) is 24.7. The molecule has 0 fully saturated rings. The van der Waals surface area contributed by atoms with Gasteiger partial charge in [0.25, 0.3) is 5.91 Å². The molecule has 0 aliphatic carbocycles. The number of nitrogens with zero attached hydrogens (tertiary/aromatic N) is 4. The van der Waals surface area contributed by atoms with Crippen molar-refractivity contribution >= 4 is 29.0 Å². The third kappa shape index (κ3) is 4.26. The molecule has 0 atom stereocenters. The third-order valence-electron chi connectivity index (χ3n) is 5.46. The SMILES string of the molecule is Cn1ccc(-c2cc(C(=O)Nc3c(-c4ccccc4)nc4ccccn34)c(Cl)cc2C(F)(F)F)n1. The zero-order valence-corrected chi connectivity index (χ0v) is 19.0. The molecule has 0 radical (unpaired) electrons. The van der Waals surface area contributed by atoms with Crippen LogP contribution in [0, 0.1) is 0 Å². The normalized spacial score (nSPS) is 11.7. The summed E-state index contributed by atoms with van der Waals surface area (Å²) in [5, 5.41) is 6.56. The minimum atomic E-state index is -4.69. The van der Waals surface area contributed by atoms with E-state index in [4.69, 9.17) is 11.6 Å². The lowest BCUT2D eigenvalue weighted by Crippen LogP contribution is -2.16. The van der Waals surface area contributed by atoms with E-state index in [9.17, 15) is 18.0 Å². The summed E-state index contributed by atoms with van der Waals surface area (Å²) in [6, 6.07) is 17.9. The van der Waals surface area contributed by atoms with Gasteiger partial charge in [-0.2, -0.15) is 18.3 Å². The predicted octanol–water partition coefficient (Wildman–Crippen LogP) is 6.33. The molecule has 10 heteroatoms. The summed E-state index contributed by atoms with van der Waals surface area (Å²) >= 11 is 6.20. The number of anilines is 1. The quantitative estimate of drug-likeness (QED) is 0.317. The van der Waals surface area contributed by atoms with Crippen LogP contribution >= 0.6 is 11.6 Å². The maximum Gasteiger partial charge on any atom is 0.417 e. The van der Waals surface area contributed by atoms with Gasteiger partial charge in [0, 0.05) is 30.6 Å². The van der Waals surface area contributed by atoms with E-state index in [0.29, 0.717) is 17.2 Å². The molecular formula is C25H17ClF3N5O. The average molecular weight is 496 g/mol. The van der Waals surface area contributed by atoms with Gasteiger partial charge in [-0.05, 0) is 30.3 Å². The molecule has 1 amide bonds. The van der Waals surface area contributed by atoms with E-state index in [-0.39, 0.29) is 21.8 Å². The van der Waals surface area contributed by atoms with Crippen molar-refractivity contribution in [1.29, 1.82) is 0 Å². The maximum atomic E-state index is 13.8. The number of hydrogen-bond donors (Lipinski definition) is 1. The van der Waals surface area contributed by atoms with E-state index in [1.165, 1.54) is 16.9 Å². The van der Waals surface area contributed by atoms with E-state index in [2.05, 4.69) is 15.4 Å². The zero-order valence-electron chi connectivity index (χ0n) is 18.2. The number of pyridine rings is 1. The standard InChI is InChI=1S/C25H17ClF3N5O/c1-33-12-10-20(32-33)16-13-17(19(26)14-18(16)25(27,28)29)24(35)31-23-22(15-7-3-2-4-8-15)30-21-9-5-6-11-34(21)23/h2-14H,1H3,(H,31,35). The molecular weight excluding hydrogens is 479 g/mol. The van der Waals surface area contributed by atoms with Crippen molar-refractivity contribution in [1.82, 2.24) is 19.2 Å². The molecule has 0 spiro atoms. The molecule has 176 valence electrons. The van der Waals surface area contributed by atoms with Crippen LogP contribution < -0.4 is 5.32 Å². The lowest BCUT2D eigenvalue weighted by atomic mass is 10.00. The topological polar surface area (TPSA) is 64.2 Å². The average Bonchev–Trinajstić information content (AvgIpc) is 3.42. The van der Waals surface area contributed by atoms with Crippen LogP contribution in [-0.4, -0.2) is 25.1 Å². The molecule has 0 bridgehead atoms. The van der Waals surface area contributed by atoms with Crippen LogP contribution in [0.15, 0.2) is 79.1 Å². The Hall–Kier alpha value is -4.11. The smallest absolute Gasteiger partial charge is 0.306 e. The number of amides is 1. The molecule has 3 heterocycles. The van der Waals surface area contributed by atoms with Gasteiger partial charge in [-0.15, -0.1) is 0 Å². The number of carbonyl (C=O) groups is 1. The van der Waals surface area contributed by atoms with Gasteiger partial charge in [-0.1, -0.05) is 48.0 Å². The highest BCUT2D eigenvalue weighted by molar-refractivity contribution is 6.34. The Bertz CT molecular complexity index is 1560. The van der Waals surface area contributed by atoms with Crippen molar-refractivity contribution in [2.75, 3.05) is 5.32 Å². The highest BCUT2D eigenvalue weighted by Gasteiger charge is 2.36. The minimum absolute atomic E-state index is 0.0744. The number of halogens is 4. The third-order valence-corrected chi connectivity index (χ3v) is 5.77. The van der Waals surface area contributed by atoms with Gasteiger partial charge in [-0.3, -0.25) is 13.9 Å². The summed E-state index contributed by atoms with van der Waals surface area (Å²) in [5.74, 6) is -0.309. The summed E-state index contributed by atoms with van der Waals surface area (Å²) in [7, 11) is 1.59. The Kier molecular flexibility index (Phi) is 5.56. The number of aromatic nitrogens is 4. The first-order valence-electron chi connectivity index (χ1n) is 10.5. The number of alkyl halides is 3. The molecule has 0 saturated heterocycles. The first-order valence-corrected chi connectivity index (χ1v) is 10.8. The highest BCUT2D eigenvalue weighted by Crippen LogP contribution is 2.40. The fourth-order valence-electron chi connectivity index (χ4n) is 3.84. The number of nitrogens with one attached hydrogen (secondary N) is 1. The Morgan fingerprint density at radius 2 is 1.74 bits per heavy atom. The van der Waals surface area contributed by atoms with Gasteiger partial charge in [-0.25, -0.2) is 4.98 Å². The lowest BCUT2D eigenvalue weighted by molar-refractivity contribution is -0.137. The number of benzene rings is 2. The van der Waals surface area contributed by atoms with E-state index in [1.807, 2.05) is 36.4 Å². The van der Waals surface area contributed by atoms with Crippen LogP contribution in [-0.2, 0) is 13.2 Å². The Balaban J connectivity index is 1.62. The molecule has 0 saturated carbocycles. The van der Waals surface area contributed by atoms with E-state index >= 15 is 0 Å². The second-order valence-corrected chi connectivity index (χ2v) is 8.22.